The number of pyridine rings is 2. The summed E-state index contributed by atoms with van der Waals surface area (Å²) in [5.41, 5.74) is 0.0996. The lowest BCUT2D eigenvalue weighted by Crippen LogP contribution is -2.49. The van der Waals surface area contributed by atoms with Crippen LogP contribution < -0.4 is 15.8 Å². The second kappa shape index (κ2) is 8.28. The number of carbonyl (C=O) groups is 2. The minimum Gasteiger partial charge on any atom is -0.353 e. The molecule has 1 aliphatic heterocycles. The molecule has 3 heterocycles. The first-order chi connectivity index (χ1) is 12.6. The van der Waals surface area contributed by atoms with Crippen LogP contribution in [0.4, 0.5) is 5.82 Å². The quantitative estimate of drug-likeness (QED) is 0.801. The van der Waals surface area contributed by atoms with Crippen molar-refractivity contribution in [1.29, 1.82) is 0 Å². The first-order valence-electron chi connectivity index (χ1n) is 8.54. The zero-order chi connectivity index (χ0) is 18.4. The summed E-state index contributed by atoms with van der Waals surface area (Å²) in [4.78, 5) is 46.0. The van der Waals surface area contributed by atoms with Gasteiger partial charge in [0.15, 0.2) is 0 Å². The molecule has 2 amide bonds. The Morgan fingerprint density at radius 1 is 1.12 bits per heavy atom. The van der Waals surface area contributed by atoms with Crippen LogP contribution in [-0.4, -0.2) is 59.4 Å². The Labute approximate surface area is 150 Å². The van der Waals surface area contributed by atoms with Gasteiger partial charge in [0, 0.05) is 57.6 Å². The molecule has 8 nitrogen and oxygen atoms in total. The summed E-state index contributed by atoms with van der Waals surface area (Å²) in [6.07, 6.45) is 3.37. The van der Waals surface area contributed by atoms with Crippen molar-refractivity contribution >= 4 is 17.6 Å². The molecular weight excluding hydrogens is 334 g/mol. The molecule has 0 bridgehead atoms. The fourth-order valence-corrected chi connectivity index (χ4v) is 2.82. The van der Waals surface area contributed by atoms with Crippen LogP contribution in [0.15, 0.2) is 47.5 Å². The maximum absolute atomic E-state index is 12.3. The summed E-state index contributed by atoms with van der Waals surface area (Å²) in [6, 6.07) is 8.54. The summed E-state index contributed by atoms with van der Waals surface area (Å²) in [7, 11) is 0. The summed E-state index contributed by atoms with van der Waals surface area (Å²) in [6.45, 7) is 3.03. The van der Waals surface area contributed by atoms with Gasteiger partial charge in [0.25, 0.3) is 5.91 Å². The van der Waals surface area contributed by atoms with Crippen LogP contribution in [0.1, 0.15) is 16.8 Å². The normalized spacial score (nSPS) is 14.2. The van der Waals surface area contributed by atoms with E-state index in [2.05, 4.69) is 20.2 Å². The molecule has 26 heavy (non-hydrogen) atoms. The van der Waals surface area contributed by atoms with E-state index in [0.717, 1.165) is 18.9 Å². The number of nitrogens with one attached hydrogen (secondary N) is 2. The van der Waals surface area contributed by atoms with Gasteiger partial charge in [-0.05, 0) is 18.2 Å². The molecule has 1 fully saturated rings. The van der Waals surface area contributed by atoms with Crippen molar-refractivity contribution in [3.05, 3.63) is 58.6 Å². The van der Waals surface area contributed by atoms with Crippen LogP contribution in [0.25, 0.3) is 0 Å². The molecule has 2 aromatic rings. The van der Waals surface area contributed by atoms with Crippen molar-refractivity contribution in [2.24, 2.45) is 0 Å². The number of hydrogen-bond donors (Lipinski definition) is 2. The molecule has 0 unspecified atom stereocenters. The summed E-state index contributed by atoms with van der Waals surface area (Å²) in [5.74, 6) is 0.634. The minimum absolute atomic E-state index is 0.0208. The summed E-state index contributed by atoms with van der Waals surface area (Å²) >= 11 is 0. The van der Waals surface area contributed by atoms with Gasteiger partial charge in [0.2, 0.25) is 11.5 Å². The second-order valence-electron chi connectivity index (χ2n) is 6.00. The van der Waals surface area contributed by atoms with E-state index in [1.807, 2.05) is 23.1 Å². The number of anilines is 1. The van der Waals surface area contributed by atoms with Crippen LogP contribution in [-0.2, 0) is 4.79 Å². The number of amides is 2. The van der Waals surface area contributed by atoms with E-state index in [0.29, 0.717) is 18.7 Å². The predicted molar refractivity (Wildman–Crippen MR) is 97.0 cm³/mol. The SMILES string of the molecule is O=C(NCCC(=O)N1CCN(c2ccccn2)CC1)c1ccc(=O)[nH]c1. The number of rotatable bonds is 5. The number of H-pyrrole nitrogens is 1. The van der Waals surface area contributed by atoms with Crippen LogP contribution >= 0.6 is 0 Å². The highest BCUT2D eigenvalue weighted by Gasteiger charge is 2.21. The largest absolute Gasteiger partial charge is 0.353 e. The lowest BCUT2D eigenvalue weighted by Gasteiger charge is -2.35. The smallest absolute Gasteiger partial charge is 0.252 e. The van der Waals surface area contributed by atoms with Crippen LogP contribution in [0.2, 0.25) is 0 Å². The molecule has 0 spiro atoms. The third-order valence-corrected chi connectivity index (χ3v) is 4.28. The zero-order valence-electron chi connectivity index (χ0n) is 14.4. The van der Waals surface area contributed by atoms with Gasteiger partial charge in [0.05, 0.1) is 5.56 Å². The number of aromatic amines is 1. The monoisotopic (exact) mass is 355 g/mol. The van der Waals surface area contributed by atoms with Gasteiger partial charge in [-0.2, -0.15) is 0 Å². The molecule has 1 saturated heterocycles. The topological polar surface area (TPSA) is 98.4 Å². The molecule has 2 aromatic heterocycles. The highest BCUT2D eigenvalue weighted by atomic mass is 16.2. The second-order valence-corrected chi connectivity index (χ2v) is 6.00. The molecule has 0 aliphatic carbocycles. The first-order valence-corrected chi connectivity index (χ1v) is 8.54. The van der Waals surface area contributed by atoms with Crippen molar-refractivity contribution < 1.29 is 9.59 Å². The fraction of sp³-hybridized carbons (Fsp3) is 0.333. The van der Waals surface area contributed by atoms with E-state index in [-0.39, 0.29) is 30.3 Å². The van der Waals surface area contributed by atoms with Crippen LogP contribution in [0.5, 0.6) is 0 Å². The van der Waals surface area contributed by atoms with Crippen molar-refractivity contribution in [3.63, 3.8) is 0 Å². The standard InChI is InChI=1S/C18H21N5O3/c24-16-5-4-14(13-21-16)18(26)20-8-6-17(25)23-11-9-22(10-12-23)15-3-1-2-7-19-15/h1-5,7,13H,6,8-12H2,(H,20,26)(H,21,24). The Morgan fingerprint density at radius 2 is 1.92 bits per heavy atom. The summed E-state index contributed by atoms with van der Waals surface area (Å²) < 4.78 is 0. The molecule has 0 aromatic carbocycles. The van der Waals surface area contributed by atoms with E-state index in [4.69, 9.17) is 0 Å². The van der Waals surface area contributed by atoms with Gasteiger partial charge < -0.3 is 20.1 Å². The minimum atomic E-state index is -0.311. The van der Waals surface area contributed by atoms with Gasteiger partial charge in [-0.3, -0.25) is 14.4 Å². The van der Waals surface area contributed by atoms with Gasteiger partial charge in [-0.1, -0.05) is 6.07 Å². The van der Waals surface area contributed by atoms with Crippen molar-refractivity contribution in [2.45, 2.75) is 6.42 Å². The van der Waals surface area contributed by atoms with E-state index in [9.17, 15) is 14.4 Å². The zero-order valence-corrected chi connectivity index (χ0v) is 14.4. The molecule has 0 saturated carbocycles. The third-order valence-electron chi connectivity index (χ3n) is 4.28. The van der Waals surface area contributed by atoms with Crippen molar-refractivity contribution in [1.82, 2.24) is 20.2 Å². The molecule has 2 N–H and O–H groups in total. The van der Waals surface area contributed by atoms with Gasteiger partial charge in [-0.25, -0.2) is 4.98 Å². The Morgan fingerprint density at radius 3 is 2.58 bits per heavy atom. The molecule has 8 heteroatoms. The predicted octanol–water partition coefficient (Wildman–Crippen LogP) is 0.239. The van der Waals surface area contributed by atoms with Crippen molar-refractivity contribution in [2.75, 3.05) is 37.6 Å². The first kappa shape index (κ1) is 17.7. The molecular formula is C18H21N5O3. The maximum atomic E-state index is 12.3. The maximum Gasteiger partial charge on any atom is 0.252 e. The van der Waals surface area contributed by atoms with Gasteiger partial charge in [-0.15, -0.1) is 0 Å². The molecule has 0 atom stereocenters. The van der Waals surface area contributed by atoms with Crippen LogP contribution in [0, 0.1) is 0 Å². The number of carbonyl (C=O) groups excluding carboxylic acids is 2. The molecule has 1 aliphatic rings. The number of hydrogen-bond acceptors (Lipinski definition) is 5. The lowest BCUT2D eigenvalue weighted by atomic mass is 10.2. The number of piperazine rings is 1. The third kappa shape index (κ3) is 4.47. The van der Waals surface area contributed by atoms with E-state index >= 15 is 0 Å². The Hall–Kier alpha value is -3.16. The lowest BCUT2D eigenvalue weighted by molar-refractivity contribution is -0.131. The number of aromatic nitrogens is 2. The average Bonchev–Trinajstić information content (AvgIpc) is 2.69. The molecule has 3 rings (SSSR count). The van der Waals surface area contributed by atoms with E-state index < -0.39 is 0 Å². The summed E-state index contributed by atoms with van der Waals surface area (Å²) in [5, 5.41) is 2.69. The van der Waals surface area contributed by atoms with E-state index in [1.165, 1.54) is 18.3 Å². The average molecular weight is 355 g/mol. The van der Waals surface area contributed by atoms with Gasteiger partial charge >= 0.3 is 0 Å². The Bertz CT molecular complexity index is 793. The Balaban J connectivity index is 1.41. The number of nitrogens with zero attached hydrogens (tertiary/aromatic N) is 3. The van der Waals surface area contributed by atoms with Gasteiger partial charge in [0.1, 0.15) is 5.82 Å². The van der Waals surface area contributed by atoms with Crippen LogP contribution in [0.3, 0.4) is 0 Å². The van der Waals surface area contributed by atoms with E-state index in [1.54, 1.807) is 6.20 Å². The molecule has 0 radical (unpaired) electrons. The molecule has 136 valence electrons. The Kier molecular flexibility index (Phi) is 5.62. The highest BCUT2D eigenvalue weighted by Crippen LogP contribution is 2.12. The fourth-order valence-electron chi connectivity index (χ4n) is 2.82. The van der Waals surface area contributed by atoms with Crippen molar-refractivity contribution in [3.8, 4) is 0 Å². The highest BCUT2D eigenvalue weighted by molar-refractivity contribution is 5.94.